The first kappa shape index (κ1) is 10.8. The number of carbonyl (C=O) groups excluding carboxylic acids is 1. The second-order valence-corrected chi connectivity index (χ2v) is 2.64. The third-order valence-corrected chi connectivity index (χ3v) is 1.48. The van der Waals surface area contributed by atoms with E-state index >= 15 is 0 Å². The van der Waals surface area contributed by atoms with Crippen molar-refractivity contribution in [1.82, 2.24) is 4.98 Å². The van der Waals surface area contributed by atoms with Gasteiger partial charge in [0.05, 0.1) is 5.56 Å². The molecule has 0 saturated carbocycles. The van der Waals surface area contributed by atoms with Gasteiger partial charge in [-0.1, -0.05) is 0 Å². The van der Waals surface area contributed by atoms with Crippen LogP contribution in [0.15, 0.2) is 18.3 Å². The molecule has 0 radical (unpaired) electrons. The maximum absolute atomic E-state index is 11.9. The summed E-state index contributed by atoms with van der Waals surface area (Å²) in [5.74, 6) is -0.597. The molecule has 1 rings (SSSR count). The second kappa shape index (κ2) is 3.83. The summed E-state index contributed by atoms with van der Waals surface area (Å²) < 4.78 is 35.6. The van der Waals surface area contributed by atoms with Crippen LogP contribution >= 0.6 is 11.6 Å². The van der Waals surface area contributed by atoms with Crippen molar-refractivity contribution in [1.29, 1.82) is 0 Å². The Morgan fingerprint density at radius 3 is 2.64 bits per heavy atom. The quantitative estimate of drug-likeness (QED) is 0.620. The molecule has 0 aliphatic heterocycles. The van der Waals surface area contributed by atoms with Crippen molar-refractivity contribution in [3.05, 3.63) is 23.9 Å². The number of nitrogens with one attached hydrogen (secondary N) is 1. The van der Waals surface area contributed by atoms with Gasteiger partial charge in [0.1, 0.15) is 5.82 Å². The predicted octanol–water partition coefficient (Wildman–Crippen LogP) is 2.39. The van der Waals surface area contributed by atoms with E-state index in [-0.39, 0.29) is 5.56 Å². The van der Waals surface area contributed by atoms with Crippen LogP contribution in [-0.2, 0) is 0 Å². The van der Waals surface area contributed by atoms with Crippen molar-refractivity contribution in [2.24, 2.45) is 0 Å². The first-order chi connectivity index (χ1) is 6.40. The third-order valence-electron chi connectivity index (χ3n) is 1.28. The molecule has 7 heteroatoms. The van der Waals surface area contributed by atoms with E-state index in [0.717, 1.165) is 17.6 Å². The topological polar surface area (TPSA) is 42.0 Å². The zero-order chi connectivity index (χ0) is 10.8. The molecule has 1 aromatic rings. The summed E-state index contributed by atoms with van der Waals surface area (Å²) in [5, 5.41) is 0.119. The SMILES string of the molecule is O=C(Cl)c1cccnc1NC(F)(F)F. The predicted molar refractivity (Wildman–Crippen MR) is 44.1 cm³/mol. The zero-order valence-electron chi connectivity index (χ0n) is 6.60. The minimum Gasteiger partial charge on any atom is -0.281 e. The number of nitrogens with zero attached hydrogens (tertiary/aromatic N) is 1. The second-order valence-electron chi connectivity index (χ2n) is 2.30. The number of halogens is 4. The minimum absolute atomic E-state index is 0.313. The van der Waals surface area contributed by atoms with Crippen LogP contribution in [0, 0.1) is 0 Å². The van der Waals surface area contributed by atoms with E-state index in [9.17, 15) is 18.0 Å². The Kier molecular flexibility index (Phi) is 2.95. The van der Waals surface area contributed by atoms with E-state index in [0.29, 0.717) is 0 Å². The molecule has 1 heterocycles. The van der Waals surface area contributed by atoms with Gasteiger partial charge in [-0.2, -0.15) is 13.2 Å². The van der Waals surface area contributed by atoms with Gasteiger partial charge in [0.15, 0.2) is 0 Å². The molecule has 1 N–H and O–H groups in total. The molecule has 1 aromatic heterocycles. The summed E-state index contributed by atoms with van der Waals surface area (Å²) in [6.07, 6.45) is -3.52. The highest BCUT2D eigenvalue weighted by Crippen LogP contribution is 2.21. The lowest BCUT2D eigenvalue weighted by Crippen LogP contribution is -2.22. The van der Waals surface area contributed by atoms with Gasteiger partial charge in [0.25, 0.3) is 5.24 Å². The van der Waals surface area contributed by atoms with Crippen molar-refractivity contribution in [2.45, 2.75) is 6.30 Å². The summed E-state index contributed by atoms with van der Waals surface area (Å²) >= 11 is 5.05. The fourth-order valence-corrected chi connectivity index (χ4v) is 0.950. The highest BCUT2D eigenvalue weighted by Gasteiger charge is 2.29. The standard InChI is InChI=1S/C7H4ClF3N2O/c8-5(14)4-2-1-3-12-6(4)13-7(9,10)11/h1-3H,(H,12,13). The summed E-state index contributed by atoms with van der Waals surface area (Å²) in [6.45, 7) is 0. The van der Waals surface area contributed by atoms with Crippen LogP contribution in [0.25, 0.3) is 0 Å². The summed E-state index contributed by atoms with van der Waals surface area (Å²) in [5.41, 5.74) is -0.313. The fraction of sp³-hybridized carbons (Fsp3) is 0.143. The van der Waals surface area contributed by atoms with Gasteiger partial charge in [-0.3, -0.25) is 10.1 Å². The lowest BCUT2D eigenvalue weighted by molar-refractivity contribution is -0.100. The van der Waals surface area contributed by atoms with Gasteiger partial charge < -0.3 is 0 Å². The fourth-order valence-electron chi connectivity index (χ4n) is 0.798. The molecular formula is C7H4ClF3N2O. The third kappa shape index (κ3) is 2.88. The van der Waals surface area contributed by atoms with E-state index in [4.69, 9.17) is 11.6 Å². The number of alkyl halides is 3. The molecule has 0 spiro atoms. The van der Waals surface area contributed by atoms with Gasteiger partial charge in [-0.15, -0.1) is 0 Å². The Balaban J connectivity index is 3.02. The first-order valence-corrected chi connectivity index (χ1v) is 3.78. The number of anilines is 1. The number of rotatable bonds is 2. The van der Waals surface area contributed by atoms with E-state index in [1.807, 2.05) is 0 Å². The van der Waals surface area contributed by atoms with Crippen molar-refractivity contribution in [3.63, 3.8) is 0 Å². The number of carbonyl (C=O) groups is 1. The highest BCUT2D eigenvalue weighted by atomic mass is 35.5. The number of hydrogen-bond donors (Lipinski definition) is 1. The van der Waals surface area contributed by atoms with Crippen LogP contribution in [0.3, 0.4) is 0 Å². The molecule has 0 bridgehead atoms. The summed E-state index contributed by atoms with van der Waals surface area (Å²) in [4.78, 5) is 14.0. The zero-order valence-corrected chi connectivity index (χ0v) is 7.36. The lowest BCUT2D eigenvalue weighted by Gasteiger charge is -2.10. The van der Waals surface area contributed by atoms with Gasteiger partial charge in [0.2, 0.25) is 0 Å². The van der Waals surface area contributed by atoms with Crippen LogP contribution in [0.1, 0.15) is 10.4 Å². The molecule has 76 valence electrons. The van der Waals surface area contributed by atoms with Crippen LogP contribution < -0.4 is 5.32 Å². The average molecular weight is 225 g/mol. The van der Waals surface area contributed by atoms with E-state index < -0.39 is 17.4 Å². The molecule has 0 atom stereocenters. The van der Waals surface area contributed by atoms with Crippen LogP contribution in [0.2, 0.25) is 0 Å². The first-order valence-electron chi connectivity index (χ1n) is 3.40. The largest absolute Gasteiger partial charge is 0.483 e. The van der Waals surface area contributed by atoms with Crippen molar-refractivity contribution in [2.75, 3.05) is 5.32 Å². The monoisotopic (exact) mass is 224 g/mol. The van der Waals surface area contributed by atoms with Crippen molar-refractivity contribution in [3.8, 4) is 0 Å². The summed E-state index contributed by atoms with van der Waals surface area (Å²) in [7, 11) is 0. The molecule has 0 aliphatic carbocycles. The van der Waals surface area contributed by atoms with Crippen molar-refractivity contribution < 1.29 is 18.0 Å². The molecule has 0 saturated heterocycles. The summed E-state index contributed by atoms with van der Waals surface area (Å²) in [6, 6.07) is 2.47. The average Bonchev–Trinajstić information content (AvgIpc) is 2.01. The van der Waals surface area contributed by atoms with E-state index in [2.05, 4.69) is 4.98 Å². The molecule has 0 aromatic carbocycles. The molecule has 3 nitrogen and oxygen atoms in total. The molecule has 0 unspecified atom stereocenters. The highest BCUT2D eigenvalue weighted by molar-refractivity contribution is 6.68. The van der Waals surface area contributed by atoms with Gasteiger partial charge in [-0.05, 0) is 23.7 Å². The Bertz CT molecular complexity index is 353. The maximum atomic E-state index is 11.9. The molecular weight excluding hydrogens is 221 g/mol. The Morgan fingerprint density at radius 2 is 2.14 bits per heavy atom. The minimum atomic E-state index is -4.64. The lowest BCUT2D eigenvalue weighted by atomic mass is 10.3. The van der Waals surface area contributed by atoms with Gasteiger partial charge in [0, 0.05) is 6.20 Å². The number of aromatic nitrogens is 1. The molecule has 14 heavy (non-hydrogen) atoms. The van der Waals surface area contributed by atoms with Gasteiger partial charge >= 0.3 is 6.30 Å². The molecule has 0 aliphatic rings. The van der Waals surface area contributed by atoms with E-state index in [1.165, 1.54) is 6.07 Å². The van der Waals surface area contributed by atoms with Crippen LogP contribution in [0.5, 0.6) is 0 Å². The normalized spacial score (nSPS) is 11.1. The Morgan fingerprint density at radius 1 is 1.50 bits per heavy atom. The number of pyridine rings is 1. The Hall–Kier alpha value is -1.30. The number of hydrogen-bond acceptors (Lipinski definition) is 3. The molecule has 0 amide bonds. The maximum Gasteiger partial charge on any atom is 0.483 e. The molecule has 0 fully saturated rings. The van der Waals surface area contributed by atoms with E-state index in [1.54, 1.807) is 0 Å². The van der Waals surface area contributed by atoms with Crippen LogP contribution in [0.4, 0.5) is 19.0 Å². The van der Waals surface area contributed by atoms with Gasteiger partial charge in [-0.25, -0.2) is 4.98 Å². The Labute approximate surface area is 81.9 Å². The van der Waals surface area contributed by atoms with Crippen molar-refractivity contribution >= 4 is 22.7 Å². The van der Waals surface area contributed by atoms with Crippen LogP contribution in [-0.4, -0.2) is 16.5 Å². The smallest absolute Gasteiger partial charge is 0.281 e.